The summed E-state index contributed by atoms with van der Waals surface area (Å²) in [7, 11) is 0. The Morgan fingerprint density at radius 1 is 1.04 bits per heavy atom. The molecule has 3 aromatic rings. The number of hydrogen-bond donors (Lipinski definition) is 1. The van der Waals surface area contributed by atoms with Crippen LogP contribution in [-0.2, 0) is 6.42 Å². The summed E-state index contributed by atoms with van der Waals surface area (Å²) < 4.78 is 6.04. The molecule has 0 aliphatic heterocycles. The summed E-state index contributed by atoms with van der Waals surface area (Å²) in [5.74, 6) is 1.81. The first kappa shape index (κ1) is 19.6. The molecule has 0 spiro atoms. The molecule has 1 aromatic heterocycles. The molecular formula is C24H26N2O2. The monoisotopic (exact) mass is 374 g/mol. The van der Waals surface area contributed by atoms with Crippen LogP contribution in [-0.4, -0.2) is 10.9 Å². The third kappa shape index (κ3) is 4.58. The standard InChI is InChI=1S/C24H26N2O2/c1-5-18-12-15-22(17(4)25-18)24(27)26-19-10-13-20(14-11-19)28-23-9-7-6-8-21(23)16(2)3/h6-16H,5H2,1-4H3,(H,26,27). The van der Waals surface area contributed by atoms with Crippen LogP contribution in [0.5, 0.6) is 11.5 Å². The highest BCUT2D eigenvalue weighted by Crippen LogP contribution is 2.30. The topological polar surface area (TPSA) is 51.2 Å². The molecule has 0 bridgehead atoms. The van der Waals surface area contributed by atoms with Crippen molar-refractivity contribution in [3.05, 3.63) is 83.2 Å². The molecule has 2 aromatic carbocycles. The molecule has 0 unspecified atom stereocenters. The van der Waals surface area contributed by atoms with Gasteiger partial charge < -0.3 is 10.1 Å². The summed E-state index contributed by atoms with van der Waals surface area (Å²) in [5, 5.41) is 2.92. The van der Waals surface area contributed by atoms with E-state index in [0.717, 1.165) is 29.3 Å². The first-order valence-electron chi connectivity index (χ1n) is 9.62. The van der Waals surface area contributed by atoms with E-state index in [2.05, 4.69) is 30.2 Å². The van der Waals surface area contributed by atoms with E-state index >= 15 is 0 Å². The number of benzene rings is 2. The normalized spacial score (nSPS) is 10.8. The number of hydrogen-bond acceptors (Lipinski definition) is 3. The second-order valence-electron chi connectivity index (χ2n) is 7.06. The van der Waals surface area contributed by atoms with E-state index < -0.39 is 0 Å². The number of nitrogens with zero attached hydrogens (tertiary/aromatic N) is 1. The summed E-state index contributed by atoms with van der Waals surface area (Å²) in [6.45, 7) is 8.19. The number of pyridine rings is 1. The number of carbonyl (C=O) groups is 1. The van der Waals surface area contributed by atoms with E-state index in [0.29, 0.717) is 17.2 Å². The van der Waals surface area contributed by atoms with Crippen molar-refractivity contribution in [1.29, 1.82) is 0 Å². The zero-order valence-corrected chi connectivity index (χ0v) is 16.8. The van der Waals surface area contributed by atoms with Gasteiger partial charge in [-0.05, 0) is 67.3 Å². The molecule has 1 N–H and O–H groups in total. The number of ether oxygens (including phenoxy) is 1. The summed E-state index contributed by atoms with van der Waals surface area (Å²) in [6, 6.07) is 19.2. The molecule has 0 radical (unpaired) electrons. The Morgan fingerprint density at radius 3 is 2.39 bits per heavy atom. The fourth-order valence-corrected chi connectivity index (χ4v) is 3.03. The van der Waals surface area contributed by atoms with Crippen LogP contribution < -0.4 is 10.1 Å². The Kier molecular flexibility index (Phi) is 6.09. The molecule has 4 nitrogen and oxygen atoms in total. The number of para-hydroxylation sites is 1. The fourth-order valence-electron chi connectivity index (χ4n) is 3.03. The first-order valence-corrected chi connectivity index (χ1v) is 9.62. The molecule has 0 atom stereocenters. The summed E-state index contributed by atoms with van der Waals surface area (Å²) in [5.41, 5.74) is 4.19. The molecule has 1 heterocycles. The van der Waals surface area contributed by atoms with Crippen LogP contribution in [0.4, 0.5) is 5.69 Å². The average Bonchev–Trinajstić information content (AvgIpc) is 2.69. The van der Waals surface area contributed by atoms with Crippen molar-refractivity contribution in [3.8, 4) is 11.5 Å². The summed E-state index contributed by atoms with van der Waals surface area (Å²) >= 11 is 0. The highest BCUT2D eigenvalue weighted by molar-refractivity contribution is 6.05. The van der Waals surface area contributed by atoms with Gasteiger partial charge in [0, 0.05) is 11.4 Å². The number of amides is 1. The van der Waals surface area contributed by atoms with Gasteiger partial charge in [0.25, 0.3) is 5.91 Å². The Balaban J connectivity index is 1.70. The van der Waals surface area contributed by atoms with E-state index in [1.54, 1.807) is 0 Å². The van der Waals surface area contributed by atoms with E-state index in [4.69, 9.17) is 4.74 Å². The molecule has 0 aliphatic carbocycles. The van der Waals surface area contributed by atoms with Crippen molar-refractivity contribution in [2.24, 2.45) is 0 Å². The smallest absolute Gasteiger partial charge is 0.257 e. The minimum Gasteiger partial charge on any atom is -0.457 e. The van der Waals surface area contributed by atoms with Crippen molar-refractivity contribution < 1.29 is 9.53 Å². The van der Waals surface area contributed by atoms with Crippen molar-refractivity contribution in [3.63, 3.8) is 0 Å². The van der Waals surface area contributed by atoms with Gasteiger partial charge in [-0.25, -0.2) is 0 Å². The van der Waals surface area contributed by atoms with E-state index in [1.807, 2.05) is 68.4 Å². The van der Waals surface area contributed by atoms with Crippen molar-refractivity contribution >= 4 is 11.6 Å². The van der Waals surface area contributed by atoms with Crippen LogP contribution in [0.1, 0.15) is 54.0 Å². The zero-order valence-electron chi connectivity index (χ0n) is 16.8. The fraction of sp³-hybridized carbons (Fsp3) is 0.250. The summed E-state index contributed by atoms with van der Waals surface area (Å²) in [4.78, 5) is 17.0. The highest BCUT2D eigenvalue weighted by atomic mass is 16.5. The van der Waals surface area contributed by atoms with Gasteiger partial charge in [0.15, 0.2) is 0 Å². The molecule has 1 amide bonds. The third-order valence-corrected chi connectivity index (χ3v) is 4.63. The molecule has 0 fully saturated rings. The first-order chi connectivity index (χ1) is 13.5. The molecule has 0 saturated carbocycles. The predicted molar refractivity (Wildman–Crippen MR) is 113 cm³/mol. The Labute approximate surface area is 166 Å². The lowest BCUT2D eigenvalue weighted by Gasteiger charge is -2.14. The quantitative estimate of drug-likeness (QED) is 0.565. The average molecular weight is 374 g/mol. The largest absolute Gasteiger partial charge is 0.457 e. The lowest BCUT2D eigenvalue weighted by atomic mass is 10.0. The minimum absolute atomic E-state index is 0.161. The second-order valence-corrected chi connectivity index (χ2v) is 7.06. The number of carbonyl (C=O) groups excluding carboxylic acids is 1. The van der Waals surface area contributed by atoms with E-state index in [9.17, 15) is 4.79 Å². The minimum atomic E-state index is -0.161. The van der Waals surface area contributed by atoms with Crippen molar-refractivity contribution in [2.45, 2.75) is 40.0 Å². The molecule has 0 saturated heterocycles. The Hall–Kier alpha value is -3.14. The number of aryl methyl sites for hydroxylation is 2. The van der Waals surface area contributed by atoms with E-state index in [-0.39, 0.29) is 5.91 Å². The predicted octanol–water partition coefficient (Wildman–Crippen LogP) is 6.12. The second kappa shape index (κ2) is 8.70. The van der Waals surface area contributed by atoms with Gasteiger partial charge in [-0.1, -0.05) is 39.0 Å². The van der Waals surface area contributed by atoms with Crippen LogP contribution in [0.15, 0.2) is 60.7 Å². The maximum absolute atomic E-state index is 12.5. The van der Waals surface area contributed by atoms with Gasteiger partial charge in [-0.2, -0.15) is 0 Å². The van der Waals surface area contributed by atoms with E-state index in [1.165, 1.54) is 5.56 Å². The van der Waals surface area contributed by atoms with Crippen LogP contribution in [0.25, 0.3) is 0 Å². The Morgan fingerprint density at radius 2 is 1.75 bits per heavy atom. The van der Waals surface area contributed by atoms with Crippen molar-refractivity contribution in [2.75, 3.05) is 5.32 Å². The lowest BCUT2D eigenvalue weighted by Crippen LogP contribution is -2.14. The SMILES string of the molecule is CCc1ccc(C(=O)Nc2ccc(Oc3ccccc3C(C)C)cc2)c(C)n1. The zero-order chi connectivity index (χ0) is 20.1. The number of rotatable bonds is 6. The number of nitrogens with one attached hydrogen (secondary N) is 1. The van der Waals surface area contributed by atoms with Gasteiger partial charge in [0.2, 0.25) is 0 Å². The van der Waals surface area contributed by atoms with Gasteiger partial charge in [-0.15, -0.1) is 0 Å². The van der Waals surface area contributed by atoms with Crippen LogP contribution in [0, 0.1) is 6.92 Å². The summed E-state index contributed by atoms with van der Waals surface area (Å²) in [6.07, 6.45) is 0.851. The maximum Gasteiger partial charge on any atom is 0.257 e. The molecular weight excluding hydrogens is 348 g/mol. The number of aromatic nitrogens is 1. The molecule has 28 heavy (non-hydrogen) atoms. The van der Waals surface area contributed by atoms with Gasteiger partial charge >= 0.3 is 0 Å². The van der Waals surface area contributed by atoms with Gasteiger partial charge in [0.05, 0.1) is 11.3 Å². The molecule has 0 aliphatic rings. The molecule has 4 heteroatoms. The van der Waals surface area contributed by atoms with Gasteiger partial charge in [0.1, 0.15) is 11.5 Å². The Bertz CT molecular complexity index is 963. The third-order valence-electron chi connectivity index (χ3n) is 4.63. The van der Waals surface area contributed by atoms with Crippen LogP contribution in [0.2, 0.25) is 0 Å². The van der Waals surface area contributed by atoms with Gasteiger partial charge in [-0.3, -0.25) is 9.78 Å². The molecule has 144 valence electrons. The molecule has 3 rings (SSSR count). The maximum atomic E-state index is 12.5. The lowest BCUT2D eigenvalue weighted by molar-refractivity contribution is 0.102. The number of anilines is 1. The van der Waals surface area contributed by atoms with Crippen molar-refractivity contribution in [1.82, 2.24) is 4.98 Å². The van der Waals surface area contributed by atoms with Crippen LogP contribution >= 0.6 is 0 Å². The highest BCUT2D eigenvalue weighted by Gasteiger charge is 2.12. The van der Waals surface area contributed by atoms with Crippen LogP contribution in [0.3, 0.4) is 0 Å².